The van der Waals surface area contributed by atoms with E-state index in [9.17, 15) is 9.18 Å². The van der Waals surface area contributed by atoms with E-state index < -0.39 is 5.54 Å². The van der Waals surface area contributed by atoms with Crippen LogP contribution in [0.2, 0.25) is 0 Å². The van der Waals surface area contributed by atoms with Crippen molar-refractivity contribution in [3.05, 3.63) is 94.3 Å². The van der Waals surface area contributed by atoms with Gasteiger partial charge in [0.2, 0.25) is 0 Å². The first-order valence-electron chi connectivity index (χ1n) is 11.5. The van der Waals surface area contributed by atoms with Gasteiger partial charge in [0.25, 0.3) is 5.91 Å². The Labute approximate surface area is 189 Å². The fourth-order valence-electron chi connectivity index (χ4n) is 4.50. The molecular weight excluding hydrogens is 401 g/mol. The Bertz CT molecular complexity index is 1110. The van der Waals surface area contributed by atoms with E-state index in [1.165, 1.54) is 41.0 Å². The second-order valence-electron chi connectivity index (χ2n) is 8.52. The van der Waals surface area contributed by atoms with Gasteiger partial charge in [-0.15, -0.1) is 0 Å². The molecule has 0 radical (unpaired) electrons. The Morgan fingerprint density at radius 1 is 1.09 bits per heavy atom. The third kappa shape index (κ3) is 4.43. The van der Waals surface area contributed by atoms with Gasteiger partial charge in [-0.1, -0.05) is 26.0 Å². The molecule has 1 fully saturated rings. The van der Waals surface area contributed by atoms with Crippen LogP contribution in [0.25, 0.3) is 0 Å². The van der Waals surface area contributed by atoms with Crippen LogP contribution in [-0.4, -0.2) is 15.9 Å². The number of nitrogens with one attached hydrogen (secondary N) is 1. The average molecular weight is 432 g/mol. The number of carbonyl (C=O) groups excluding carboxylic acids is 1. The van der Waals surface area contributed by atoms with Gasteiger partial charge in [0.15, 0.2) is 0 Å². The third-order valence-electron chi connectivity index (χ3n) is 6.29. The zero-order chi connectivity index (χ0) is 22.7. The highest BCUT2D eigenvalue weighted by Gasteiger charge is 2.47. The van der Waals surface area contributed by atoms with Crippen LogP contribution < -0.4 is 5.32 Å². The maximum Gasteiger partial charge on any atom is 0.252 e. The first-order valence-corrected chi connectivity index (χ1v) is 11.5. The van der Waals surface area contributed by atoms with Crippen molar-refractivity contribution in [3.63, 3.8) is 0 Å². The molecule has 0 aliphatic heterocycles. The van der Waals surface area contributed by atoms with E-state index in [0.717, 1.165) is 43.5 Å². The van der Waals surface area contributed by atoms with E-state index in [2.05, 4.69) is 35.4 Å². The fraction of sp³-hybridized carbons (Fsp3) is 0.370. The lowest BCUT2D eigenvalue weighted by Gasteiger charge is -2.27. The topological polar surface area (TPSA) is 54.9 Å². The average Bonchev–Trinajstić information content (AvgIpc) is 3.60. The number of pyridine rings is 2. The molecule has 1 atom stereocenters. The molecule has 1 amide bonds. The summed E-state index contributed by atoms with van der Waals surface area (Å²) in [6.45, 7) is 6.07. The van der Waals surface area contributed by atoms with Crippen LogP contribution in [0.3, 0.4) is 0 Å². The van der Waals surface area contributed by atoms with Crippen LogP contribution in [0.4, 0.5) is 4.39 Å². The number of nitrogens with zero attached hydrogens (tertiary/aromatic N) is 2. The van der Waals surface area contributed by atoms with Crippen LogP contribution in [0.15, 0.2) is 54.9 Å². The number of rotatable bonds is 4. The molecule has 32 heavy (non-hydrogen) atoms. The number of hydrogen-bond acceptors (Lipinski definition) is 3. The lowest BCUT2D eigenvalue weighted by molar-refractivity contribution is 0.0929. The highest BCUT2D eigenvalue weighted by atomic mass is 19.1. The van der Waals surface area contributed by atoms with E-state index >= 15 is 0 Å². The molecule has 1 N–H and O–H groups in total. The van der Waals surface area contributed by atoms with Gasteiger partial charge in [-0.2, -0.15) is 0 Å². The molecule has 1 unspecified atom stereocenters. The Morgan fingerprint density at radius 2 is 1.84 bits per heavy atom. The largest absolute Gasteiger partial charge is 0.341 e. The molecule has 5 rings (SSSR count). The van der Waals surface area contributed by atoms with Crippen molar-refractivity contribution < 1.29 is 9.18 Å². The lowest BCUT2D eigenvalue weighted by atomic mass is 9.81. The van der Waals surface area contributed by atoms with E-state index in [1.54, 1.807) is 0 Å². The normalized spacial score (nSPS) is 18.1. The molecule has 4 nitrogen and oxygen atoms in total. The molecule has 2 aromatic heterocycles. The highest BCUT2D eigenvalue weighted by Crippen LogP contribution is 2.46. The molecule has 2 aliphatic carbocycles. The Morgan fingerprint density at radius 3 is 2.53 bits per heavy atom. The van der Waals surface area contributed by atoms with Gasteiger partial charge in [-0.05, 0) is 86.1 Å². The third-order valence-corrected chi connectivity index (χ3v) is 6.29. The van der Waals surface area contributed by atoms with Gasteiger partial charge >= 0.3 is 0 Å². The standard InChI is InChI=1S/C25H24FN3O.C2H6/c1-16-13-18(15-27-14-16)20-3-2-4-22-21(20)9-10-23(28-22)25(11-12-25)29-24(30)17-5-7-19(26)8-6-17;1-2/h5-10,13-15,20H,2-4,11-12H2,1H3,(H,29,30);1-2H3. The van der Waals surface area contributed by atoms with Crippen molar-refractivity contribution in [1.29, 1.82) is 0 Å². The second kappa shape index (κ2) is 9.19. The van der Waals surface area contributed by atoms with E-state index in [1.807, 2.05) is 26.2 Å². The summed E-state index contributed by atoms with van der Waals surface area (Å²) in [5.41, 5.74) is 5.82. The Hall–Kier alpha value is -3.08. The highest BCUT2D eigenvalue weighted by molar-refractivity contribution is 5.95. The van der Waals surface area contributed by atoms with Crippen molar-refractivity contribution in [2.45, 2.75) is 64.3 Å². The van der Waals surface area contributed by atoms with Crippen molar-refractivity contribution in [2.24, 2.45) is 0 Å². The van der Waals surface area contributed by atoms with Gasteiger partial charge < -0.3 is 5.32 Å². The van der Waals surface area contributed by atoms with Gasteiger partial charge in [0.1, 0.15) is 5.82 Å². The van der Waals surface area contributed by atoms with Gasteiger partial charge in [0.05, 0.1) is 11.2 Å². The minimum Gasteiger partial charge on any atom is -0.341 e. The lowest BCUT2D eigenvalue weighted by Crippen LogP contribution is -2.36. The molecule has 1 aromatic carbocycles. The summed E-state index contributed by atoms with van der Waals surface area (Å²) in [4.78, 5) is 22.1. The summed E-state index contributed by atoms with van der Waals surface area (Å²) in [5, 5.41) is 3.14. The number of carbonyl (C=O) groups is 1. The smallest absolute Gasteiger partial charge is 0.252 e. The van der Waals surface area contributed by atoms with Crippen LogP contribution in [-0.2, 0) is 12.0 Å². The molecule has 3 aromatic rings. The minimum absolute atomic E-state index is 0.185. The SMILES string of the molecule is CC.Cc1cncc(C2CCCc3nc(C4(NC(=O)c5ccc(F)cc5)CC4)ccc32)c1. The number of fused-ring (bicyclic) bond motifs is 1. The monoisotopic (exact) mass is 431 g/mol. The zero-order valence-electron chi connectivity index (χ0n) is 19.0. The van der Waals surface area contributed by atoms with Crippen molar-refractivity contribution in [3.8, 4) is 0 Å². The molecule has 5 heteroatoms. The summed E-state index contributed by atoms with van der Waals surface area (Å²) >= 11 is 0. The van der Waals surface area contributed by atoms with Crippen LogP contribution in [0.5, 0.6) is 0 Å². The Balaban J connectivity index is 0.00000119. The maximum atomic E-state index is 13.2. The second-order valence-corrected chi connectivity index (χ2v) is 8.52. The van der Waals surface area contributed by atoms with Crippen LogP contribution in [0, 0.1) is 12.7 Å². The predicted octanol–water partition coefficient (Wildman–Crippen LogP) is 5.84. The number of aryl methyl sites for hydroxylation is 2. The molecular formula is C27H30FN3O. The first kappa shape index (κ1) is 22.1. The molecule has 2 aliphatic rings. The number of amides is 1. The maximum absolute atomic E-state index is 13.2. The number of benzene rings is 1. The van der Waals surface area contributed by atoms with Crippen molar-refractivity contribution >= 4 is 5.91 Å². The van der Waals surface area contributed by atoms with Gasteiger partial charge in [0, 0.05) is 29.6 Å². The molecule has 0 bridgehead atoms. The van der Waals surface area contributed by atoms with Crippen molar-refractivity contribution in [2.75, 3.05) is 0 Å². The number of hydrogen-bond donors (Lipinski definition) is 1. The molecule has 1 saturated carbocycles. The summed E-state index contributed by atoms with van der Waals surface area (Å²) in [6.07, 6.45) is 8.75. The van der Waals surface area contributed by atoms with Gasteiger partial charge in [-0.3, -0.25) is 14.8 Å². The minimum atomic E-state index is -0.404. The zero-order valence-corrected chi connectivity index (χ0v) is 19.0. The van der Waals surface area contributed by atoms with E-state index in [4.69, 9.17) is 4.98 Å². The van der Waals surface area contributed by atoms with E-state index in [0.29, 0.717) is 11.5 Å². The number of aromatic nitrogens is 2. The number of halogens is 1. The molecule has 166 valence electrons. The molecule has 0 spiro atoms. The predicted molar refractivity (Wildman–Crippen MR) is 124 cm³/mol. The summed E-state index contributed by atoms with van der Waals surface area (Å²) in [6, 6.07) is 12.1. The van der Waals surface area contributed by atoms with E-state index in [-0.39, 0.29) is 11.7 Å². The van der Waals surface area contributed by atoms with Gasteiger partial charge in [-0.25, -0.2) is 4.39 Å². The summed E-state index contributed by atoms with van der Waals surface area (Å²) in [5.74, 6) is -0.204. The van der Waals surface area contributed by atoms with Crippen LogP contribution >= 0.6 is 0 Å². The molecule has 0 saturated heterocycles. The molecule has 2 heterocycles. The summed E-state index contributed by atoms with van der Waals surface area (Å²) < 4.78 is 13.2. The fourth-order valence-corrected chi connectivity index (χ4v) is 4.50. The summed E-state index contributed by atoms with van der Waals surface area (Å²) in [7, 11) is 0. The quantitative estimate of drug-likeness (QED) is 0.565. The first-order chi connectivity index (χ1) is 15.5. The van der Waals surface area contributed by atoms with Crippen molar-refractivity contribution in [1.82, 2.24) is 15.3 Å². The Kier molecular flexibility index (Phi) is 6.35. The van der Waals surface area contributed by atoms with Crippen LogP contribution in [0.1, 0.15) is 83.9 Å².